The summed E-state index contributed by atoms with van der Waals surface area (Å²) in [6.07, 6.45) is 0.898. The van der Waals surface area contributed by atoms with E-state index in [0.29, 0.717) is 0 Å². The van der Waals surface area contributed by atoms with Gasteiger partial charge in [0.2, 0.25) is 0 Å². The molecule has 0 spiro atoms. The molecule has 0 radical (unpaired) electrons. The first kappa shape index (κ1) is 11.3. The van der Waals surface area contributed by atoms with Crippen molar-refractivity contribution in [2.45, 2.75) is 11.8 Å². The highest BCUT2D eigenvalue weighted by molar-refractivity contribution is 9.08. The molecule has 1 aromatic rings. The van der Waals surface area contributed by atoms with E-state index >= 15 is 0 Å². The van der Waals surface area contributed by atoms with Crippen LogP contribution in [0.4, 0.5) is 0 Å². The molecular weight excluding hydrogens is 238 g/mol. The van der Waals surface area contributed by atoms with Crippen molar-refractivity contribution >= 4 is 15.9 Å². The monoisotopic (exact) mass is 251 g/mol. The third kappa shape index (κ3) is 3.95. The molecule has 0 aliphatic heterocycles. The van der Waals surface area contributed by atoms with Gasteiger partial charge >= 0.3 is 0 Å². The lowest BCUT2D eigenvalue weighted by Crippen LogP contribution is -2.05. The number of hydrogen-bond donors (Lipinski definition) is 1. The van der Waals surface area contributed by atoms with Crippen molar-refractivity contribution in [3.05, 3.63) is 35.4 Å². The number of hydrogen-bond acceptors (Lipinski definition) is 1. The van der Waals surface area contributed by atoms with E-state index in [9.17, 15) is 0 Å². The van der Waals surface area contributed by atoms with Crippen LogP contribution in [0.2, 0.25) is 0 Å². The molecule has 0 saturated carbocycles. The molecule has 0 bridgehead atoms. The van der Waals surface area contributed by atoms with E-state index in [1.54, 1.807) is 0 Å². The van der Waals surface area contributed by atoms with Gasteiger partial charge in [0.1, 0.15) is 0 Å². The topological polar surface area (TPSA) is 12.0 Å². The zero-order chi connectivity index (χ0) is 10.2. The molecule has 0 unspecified atom stereocenters. The van der Waals surface area contributed by atoms with Crippen LogP contribution in [0.25, 0.3) is 0 Å². The summed E-state index contributed by atoms with van der Waals surface area (Å²) in [5.74, 6) is 6.27. The highest BCUT2D eigenvalue weighted by Crippen LogP contribution is 2.07. The van der Waals surface area contributed by atoms with Crippen LogP contribution in [0.15, 0.2) is 24.3 Å². The van der Waals surface area contributed by atoms with Crippen LogP contribution in [0.5, 0.6) is 0 Å². The van der Waals surface area contributed by atoms with Gasteiger partial charge in [-0.15, -0.1) is 0 Å². The van der Waals surface area contributed by atoms with E-state index in [0.717, 1.165) is 23.9 Å². The maximum absolute atomic E-state index is 3.43. The van der Waals surface area contributed by atoms with Crippen molar-refractivity contribution in [3.8, 4) is 11.8 Å². The summed E-state index contributed by atoms with van der Waals surface area (Å²) in [4.78, 5) is 0. The number of halogens is 1. The number of nitrogens with one attached hydrogen (secondary N) is 1. The predicted octanol–water partition coefficient (Wildman–Crippen LogP) is 2.54. The predicted molar refractivity (Wildman–Crippen MR) is 64.5 cm³/mol. The number of benzene rings is 1. The Morgan fingerprint density at radius 1 is 1.43 bits per heavy atom. The molecule has 0 fully saturated rings. The Labute approximate surface area is 94.0 Å². The van der Waals surface area contributed by atoms with Gasteiger partial charge in [-0.3, -0.25) is 0 Å². The summed E-state index contributed by atoms with van der Waals surface area (Å²) in [5.41, 5.74) is 2.36. The second-order valence-corrected chi connectivity index (χ2v) is 3.55. The molecular formula is C12H14BrN. The molecule has 1 nitrogen and oxygen atoms in total. The Balaban J connectivity index is 2.60. The van der Waals surface area contributed by atoms with Gasteiger partial charge in [0.25, 0.3) is 0 Å². The minimum absolute atomic E-state index is 0.888. The quantitative estimate of drug-likeness (QED) is 0.495. The summed E-state index contributed by atoms with van der Waals surface area (Å²) in [7, 11) is 1.94. The maximum atomic E-state index is 3.43. The summed E-state index contributed by atoms with van der Waals surface area (Å²) < 4.78 is 0. The molecule has 0 aromatic heterocycles. The normalized spacial score (nSPS) is 9.29. The minimum Gasteiger partial charge on any atom is -0.319 e. The van der Waals surface area contributed by atoms with Crippen LogP contribution >= 0.6 is 15.9 Å². The summed E-state index contributed by atoms with van der Waals surface area (Å²) >= 11 is 3.43. The minimum atomic E-state index is 0.888. The first-order chi connectivity index (χ1) is 6.86. The van der Waals surface area contributed by atoms with E-state index in [1.165, 1.54) is 5.56 Å². The fourth-order valence-corrected chi connectivity index (χ4v) is 1.43. The van der Waals surface area contributed by atoms with E-state index in [1.807, 2.05) is 19.2 Å². The van der Waals surface area contributed by atoms with Gasteiger partial charge in [-0.2, -0.15) is 0 Å². The molecule has 0 aliphatic carbocycles. The standard InChI is InChI=1S/C12H14BrN/c1-14-8-3-2-5-11-6-4-7-12(9-11)10-13/h4,6-7,9,14H,3,8,10H2,1H3. The SMILES string of the molecule is CNCCC#Cc1cccc(CBr)c1. The van der Waals surface area contributed by atoms with Crippen molar-refractivity contribution in [1.29, 1.82) is 0 Å². The third-order valence-electron chi connectivity index (χ3n) is 1.81. The van der Waals surface area contributed by atoms with Crippen LogP contribution in [0, 0.1) is 11.8 Å². The van der Waals surface area contributed by atoms with Gasteiger partial charge in [0, 0.05) is 23.9 Å². The Morgan fingerprint density at radius 2 is 2.29 bits per heavy atom. The first-order valence-electron chi connectivity index (χ1n) is 4.65. The van der Waals surface area contributed by atoms with Crippen LogP contribution in [-0.4, -0.2) is 13.6 Å². The van der Waals surface area contributed by atoms with Gasteiger partial charge < -0.3 is 5.32 Å². The highest BCUT2D eigenvalue weighted by atomic mass is 79.9. The number of alkyl halides is 1. The van der Waals surface area contributed by atoms with Gasteiger partial charge in [0.15, 0.2) is 0 Å². The average Bonchev–Trinajstić information content (AvgIpc) is 2.25. The van der Waals surface area contributed by atoms with Crippen molar-refractivity contribution < 1.29 is 0 Å². The average molecular weight is 252 g/mol. The van der Waals surface area contributed by atoms with E-state index in [-0.39, 0.29) is 0 Å². The van der Waals surface area contributed by atoms with Crippen molar-refractivity contribution in [2.24, 2.45) is 0 Å². The second-order valence-electron chi connectivity index (χ2n) is 2.99. The van der Waals surface area contributed by atoms with E-state index in [2.05, 4.69) is 45.2 Å². The van der Waals surface area contributed by atoms with Crippen molar-refractivity contribution in [3.63, 3.8) is 0 Å². The van der Waals surface area contributed by atoms with E-state index in [4.69, 9.17) is 0 Å². The van der Waals surface area contributed by atoms with Crippen LogP contribution in [-0.2, 0) is 5.33 Å². The Hall–Kier alpha value is -0.780. The van der Waals surface area contributed by atoms with Crippen LogP contribution in [0.3, 0.4) is 0 Å². The van der Waals surface area contributed by atoms with Gasteiger partial charge in [-0.1, -0.05) is 39.9 Å². The smallest absolute Gasteiger partial charge is 0.0283 e. The Morgan fingerprint density at radius 3 is 3.00 bits per heavy atom. The zero-order valence-electron chi connectivity index (χ0n) is 8.31. The molecule has 0 atom stereocenters. The van der Waals surface area contributed by atoms with E-state index < -0.39 is 0 Å². The maximum Gasteiger partial charge on any atom is 0.0283 e. The molecule has 0 heterocycles. The summed E-state index contributed by atoms with van der Waals surface area (Å²) in [6.45, 7) is 0.950. The number of rotatable bonds is 3. The lowest BCUT2D eigenvalue weighted by Gasteiger charge is -1.95. The Bertz CT molecular complexity index is 336. The molecule has 1 N–H and O–H groups in total. The van der Waals surface area contributed by atoms with Gasteiger partial charge in [-0.25, -0.2) is 0 Å². The molecule has 2 heteroatoms. The van der Waals surface area contributed by atoms with Crippen molar-refractivity contribution in [2.75, 3.05) is 13.6 Å². The van der Waals surface area contributed by atoms with Crippen molar-refractivity contribution in [1.82, 2.24) is 5.32 Å². The molecule has 1 rings (SSSR count). The Kier molecular flexibility index (Phi) is 5.36. The first-order valence-corrected chi connectivity index (χ1v) is 5.77. The van der Waals surface area contributed by atoms with Gasteiger partial charge in [0.05, 0.1) is 0 Å². The summed E-state index contributed by atoms with van der Waals surface area (Å²) in [5, 5.41) is 3.95. The van der Waals surface area contributed by atoms with Gasteiger partial charge in [-0.05, 0) is 24.7 Å². The largest absolute Gasteiger partial charge is 0.319 e. The second kappa shape index (κ2) is 6.64. The molecule has 74 valence electrons. The van der Waals surface area contributed by atoms with Crippen LogP contribution < -0.4 is 5.32 Å². The molecule has 1 aromatic carbocycles. The lowest BCUT2D eigenvalue weighted by atomic mass is 10.1. The zero-order valence-corrected chi connectivity index (χ0v) is 9.89. The highest BCUT2D eigenvalue weighted by Gasteiger charge is 1.90. The third-order valence-corrected chi connectivity index (χ3v) is 2.46. The lowest BCUT2D eigenvalue weighted by molar-refractivity contribution is 0.818. The fourth-order valence-electron chi connectivity index (χ4n) is 1.08. The molecule has 0 amide bonds. The molecule has 0 aliphatic rings. The molecule has 0 saturated heterocycles. The fraction of sp³-hybridized carbons (Fsp3) is 0.333. The van der Waals surface area contributed by atoms with Crippen LogP contribution in [0.1, 0.15) is 17.5 Å². The molecule has 14 heavy (non-hydrogen) atoms. The summed E-state index contributed by atoms with van der Waals surface area (Å²) in [6, 6.07) is 8.28.